The van der Waals surface area contributed by atoms with E-state index in [9.17, 15) is 17.6 Å². The summed E-state index contributed by atoms with van der Waals surface area (Å²) in [5, 5.41) is 0. The lowest BCUT2D eigenvalue weighted by atomic mass is 9.64. The number of hydrogen-bond acceptors (Lipinski definition) is 3. The van der Waals surface area contributed by atoms with E-state index >= 15 is 0 Å². The molecule has 2 rings (SSSR count). The van der Waals surface area contributed by atoms with Crippen molar-refractivity contribution in [2.75, 3.05) is 0 Å². The second kappa shape index (κ2) is 3.82. The summed E-state index contributed by atoms with van der Waals surface area (Å²) >= 11 is 0. The Balaban J connectivity index is 2.23. The van der Waals surface area contributed by atoms with Crippen molar-refractivity contribution < 1.29 is 17.6 Å². The minimum Gasteiger partial charge on any atom is -0.273 e. The van der Waals surface area contributed by atoms with E-state index in [0.717, 1.165) is 0 Å². The van der Waals surface area contributed by atoms with Gasteiger partial charge in [-0.25, -0.2) is 4.39 Å². The highest BCUT2D eigenvalue weighted by molar-refractivity contribution is 8.12. The minimum absolute atomic E-state index is 0.0120. The second-order valence-electron chi connectivity index (χ2n) is 6.25. The van der Waals surface area contributed by atoms with Crippen LogP contribution in [0.3, 0.4) is 0 Å². The standard InChI is InChI=1S/C11H17ClFNO3S/c1-10(2,3)7-4-5-11(13)8(6-7)9(15)14(11)18(12,16)17/h7-8H,4-6H2,1-3H3/t7-,8+,11+/m1/s1. The molecular weight excluding hydrogens is 281 g/mol. The average molecular weight is 298 g/mol. The fraction of sp³-hybridized carbons (Fsp3) is 0.909. The number of amides is 1. The van der Waals surface area contributed by atoms with Gasteiger partial charge < -0.3 is 0 Å². The third-order valence-corrected chi connectivity index (χ3v) is 5.51. The smallest absolute Gasteiger partial charge is 0.273 e. The Morgan fingerprint density at radius 3 is 2.44 bits per heavy atom. The summed E-state index contributed by atoms with van der Waals surface area (Å²) in [6, 6.07) is 0. The lowest BCUT2D eigenvalue weighted by Crippen LogP contribution is -2.71. The normalized spacial score (nSPS) is 37.2. The summed E-state index contributed by atoms with van der Waals surface area (Å²) in [6.45, 7) is 6.13. The highest BCUT2D eigenvalue weighted by Crippen LogP contribution is 2.55. The molecule has 7 heteroatoms. The molecular formula is C11H17ClFNO3S. The van der Waals surface area contributed by atoms with Crippen LogP contribution >= 0.6 is 10.7 Å². The maximum atomic E-state index is 14.6. The Labute approximate surface area is 111 Å². The number of carbonyl (C=O) groups excluding carboxylic acids is 1. The van der Waals surface area contributed by atoms with Crippen LogP contribution in [0.4, 0.5) is 4.39 Å². The zero-order valence-electron chi connectivity index (χ0n) is 10.6. The molecule has 0 aromatic rings. The van der Waals surface area contributed by atoms with E-state index in [2.05, 4.69) is 0 Å². The highest BCUT2D eigenvalue weighted by atomic mass is 35.7. The highest BCUT2D eigenvalue weighted by Gasteiger charge is 2.67. The number of alkyl halides is 1. The van der Waals surface area contributed by atoms with Crippen molar-refractivity contribution in [2.45, 2.75) is 45.8 Å². The quantitative estimate of drug-likeness (QED) is 0.424. The van der Waals surface area contributed by atoms with Crippen LogP contribution in [-0.2, 0) is 14.0 Å². The molecule has 1 saturated heterocycles. The molecule has 3 atom stereocenters. The zero-order valence-corrected chi connectivity index (χ0v) is 12.2. The molecule has 2 fully saturated rings. The van der Waals surface area contributed by atoms with Crippen LogP contribution in [0.15, 0.2) is 0 Å². The zero-order chi connectivity index (χ0) is 13.9. The maximum Gasteiger partial charge on any atom is 0.326 e. The topological polar surface area (TPSA) is 54.5 Å². The lowest BCUT2D eigenvalue weighted by molar-refractivity contribution is -0.192. The number of hydrogen-bond donors (Lipinski definition) is 0. The van der Waals surface area contributed by atoms with Crippen LogP contribution in [0, 0.1) is 17.3 Å². The van der Waals surface area contributed by atoms with Gasteiger partial charge in [-0.1, -0.05) is 20.8 Å². The van der Waals surface area contributed by atoms with Gasteiger partial charge in [-0.15, -0.1) is 0 Å². The van der Waals surface area contributed by atoms with Gasteiger partial charge in [0.15, 0.2) is 0 Å². The summed E-state index contributed by atoms with van der Waals surface area (Å²) in [7, 11) is 0.787. The molecule has 0 aromatic heterocycles. The molecule has 0 N–H and O–H groups in total. The van der Waals surface area contributed by atoms with Crippen molar-refractivity contribution in [3.05, 3.63) is 0 Å². The van der Waals surface area contributed by atoms with Gasteiger partial charge in [0, 0.05) is 17.1 Å². The largest absolute Gasteiger partial charge is 0.326 e. The predicted octanol–water partition coefficient (Wildman–Crippen LogP) is 2.44. The Kier molecular flexibility index (Phi) is 2.98. The molecule has 0 bridgehead atoms. The fourth-order valence-corrected chi connectivity index (χ4v) is 4.47. The van der Waals surface area contributed by atoms with Crippen LogP contribution in [0.25, 0.3) is 0 Å². The van der Waals surface area contributed by atoms with Gasteiger partial charge in [-0.3, -0.25) is 4.79 Å². The van der Waals surface area contributed by atoms with E-state index in [0.29, 0.717) is 12.8 Å². The van der Waals surface area contributed by atoms with Gasteiger partial charge in [0.2, 0.25) is 11.7 Å². The molecule has 0 spiro atoms. The molecule has 104 valence electrons. The van der Waals surface area contributed by atoms with E-state index < -0.39 is 26.9 Å². The van der Waals surface area contributed by atoms with Crippen molar-refractivity contribution in [3.8, 4) is 0 Å². The van der Waals surface area contributed by atoms with Crippen molar-refractivity contribution in [2.24, 2.45) is 17.3 Å². The summed E-state index contributed by atoms with van der Waals surface area (Å²) in [5.41, 5.74) is -0.0120. The number of fused-ring (bicyclic) bond motifs is 1. The number of halogens is 2. The van der Waals surface area contributed by atoms with Gasteiger partial charge in [0.25, 0.3) is 0 Å². The van der Waals surface area contributed by atoms with Crippen LogP contribution in [0.1, 0.15) is 40.0 Å². The fourth-order valence-electron chi connectivity index (χ4n) is 3.00. The Morgan fingerprint density at radius 1 is 1.44 bits per heavy atom. The Morgan fingerprint density at radius 2 is 2.00 bits per heavy atom. The Hall–Kier alpha value is -0.360. The molecule has 4 nitrogen and oxygen atoms in total. The van der Waals surface area contributed by atoms with Crippen molar-refractivity contribution in [1.82, 2.24) is 4.31 Å². The molecule has 1 amide bonds. The molecule has 0 aromatic carbocycles. The summed E-state index contributed by atoms with van der Waals surface area (Å²) < 4.78 is 37.2. The molecule has 18 heavy (non-hydrogen) atoms. The number of carbonyl (C=O) groups is 1. The number of nitrogens with zero attached hydrogens (tertiary/aromatic N) is 1. The SMILES string of the molecule is CC(C)(C)[C@@H]1CC[C@@]2(F)[C@@H](C1)C(=O)N2S(=O)(=O)Cl. The maximum absolute atomic E-state index is 14.6. The van der Waals surface area contributed by atoms with E-state index in [-0.39, 0.29) is 22.1 Å². The van der Waals surface area contributed by atoms with Gasteiger partial charge in [0.1, 0.15) is 0 Å². The first-order valence-electron chi connectivity index (χ1n) is 5.95. The van der Waals surface area contributed by atoms with Crippen molar-refractivity contribution >= 4 is 25.8 Å². The molecule has 0 radical (unpaired) electrons. The van der Waals surface area contributed by atoms with Crippen molar-refractivity contribution in [1.29, 1.82) is 0 Å². The summed E-state index contributed by atoms with van der Waals surface area (Å²) in [4.78, 5) is 11.7. The number of rotatable bonds is 1. The third-order valence-electron chi connectivity index (χ3n) is 4.18. The molecule has 1 aliphatic heterocycles. The van der Waals surface area contributed by atoms with Gasteiger partial charge in [-0.2, -0.15) is 12.7 Å². The van der Waals surface area contributed by atoms with Crippen LogP contribution in [-0.4, -0.2) is 24.4 Å². The second-order valence-corrected chi connectivity index (χ2v) is 8.61. The van der Waals surface area contributed by atoms with E-state index in [1.165, 1.54) is 0 Å². The van der Waals surface area contributed by atoms with Crippen LogP contribution in [0.2, 0.25) is 0 Å². The first kappa shape index (κ1) is 14.1. The summed E-state index contributed by atoms with van der Waals surface area (Å²) in [5.74, 6) is -3.44. The minimum atomic E-state index is -4.32. The Bertz CT molecular complexity index is 487. The monoisotopic (exact) mass is 297 g/mol. The van der Waals surface area contributed by atoms with Crippen LogP contribution < -0.4 is 0 Å². The summed E-state index contributed by atoms with van der Waals surface area (Å²) in [6.07, 6.45) is 0.992. The molecule has 0 unspecified atom stereocenters. The first-order valence-corrected chi connectivity index (χ1v) is 8.22. The predicted molar refractivity (Wildman–Crippen MR) is 65.7 cm³/mol. The lowest BCUT2D eigenvalue weighted by Gasteiger charge is -2.55. The molecule has 1 saturated carbocycles. The molecule has 2 aliphatic rings. The molecule has 1 heterocycles. The third kappa shape index (κ3) is 1.93. The van der Waals surface area contributed by atoms with E-state index in [1.807, 2.05) is 20.8 Å². The average Bonchev–Trinajstić information content (AvgIpc) is 2.12. The van der Waals surface area contributed by atoms with Crippen LogP contribution in [0.5, 0.6) is 0 Å². The van der Waals surface area contributed by atoms with Crippen molar-refractivity contribution in [3.63, 3.8) is 0 Å². The van der Waals surface area contributed by atoms with Gasteiger partial charge in [-0.05, 0) is 24.2 Å². The first-order chi connectivity index (χ1) is 7.98. The molecule has 1 aliphatic carbocycles. The van der Waals surface area contributed by atoms with Gasteiger partial charge in [0.05, 0.1) is 5.92 Å². The number of β-lactam (4-membered cyclic amide) rings is 1. The van der Waals surface area contributed by atoms with E-state index in [4.69, 9.17) is 10.7 Å². The van der Waals surface area contributed by atoms with Gasteiger partial charge >= 0.3 is 9.24 Å². The van der Waals surface area contributed by atoms with E-state index in [1.54, 1.807) is 0 Å².